The number of esters is 1. The van der Waals surface area contributed by atoms with Gasteiger partial charge in [-0.15, -0.1) is 0 Å². The first kappa shape index (κ1) is 21.0. The van der Waals surface area contributed by atoms with Crippen LogP contribution in [0, 0.1) is 0 Å². The molecule has 0 bridgehead atoms. The maximum absolute atomic E-state index is 12.7. The fourth-order valence-electron chi connectivity index (χ4n) is 2.64. The van der Waals surface area contributed by atoms with Crippen molar-refractivity contribution < 1.29 is 14.3 Å². The Morgan fingerprint density at radius 1 is 1.03 bits per heavy atom. The van der Waals surface area contributed by atoms with E-state index in [1.165, 1.54) is 12.1 Å². The van der Waals surface area contributed by atoms with Gasteiger partial charge in [-0.1, -0.05) is 57.9 Å². The highest BCUT2D eigenvalue weighted by molar-refractivity contribution is 9.10. The minimum Gasteiger partial charge on any atom is -0.425 e. The molecular formula is C22H18BrClN2O3. The first-order valence-corrected chi connectivity index (χ1v) is 9.97. The monoisotopic (exact) mass is 472 g/mol. The van der Waals surface area contributed by atoms with Gasteiger partial charge in [0.25, 0.3) is 5.91 Å². The van der Waals surface area contributed by atoms with Crippen LogP contribution < -0.4 is 15.8 Å². The number of carbonyl (C=O) groups excluding carboxylic acids is 2. The van der Waals surface area contributed by atoms with Gasteiger partial charge in [-0.3, -0.25) is 4.79 Å². The Labute approximate surface area is 182 Å². The smallest absolute Gasteiger partial charge is 0.328 e. The summed E-state index contributed by atoms with van der Waals surface area (Å²) >= 11 is 9.38. The molecule has 29 heavy (non-hydrogen) atoms. The molecular weight excluding hydrogens is 456 g/mol. The van der Waals surface area contributed by atoms with E-state index in [-0.39, 0.29) is 11.3 Å². The van der Waals surface area contributed by atoms with Crippen molar-refractivity contribution in [3.05, 3.63) is 93.4 Å². The molecule has 1 amide bonds. The van der Waals surface area contributed by atoms with Crippen LogP contribution >= 0.6 is 27.5 Å². The molecule has 7 heteroatoms. The van der Waals surface area contributed by atoms with Crippen molar-refractivity contribution in [2.75, 3.05) is 5.32 Å². The minimum atomic E-state index is -0.865. The van der Waals surface area contributed by atoms with Crippen molar-refractivity contribution in [2.45, 2.75) is 12.5 Å². The second-order valence-corrected chi connectivity index (χ2v) is 7.67. The molecule has 0 spiro atoms. The summed E-state index contributed by atoms with van der Waals surface area (Å²) in [6, 6.07) is 20.1. The van der Waals surface area contributed by atoms with Crippen LogP contribution in [0.3, 0.4) is 0 Å². The molecule has 0 aromatic heterocycles. The van der Waals surface area contributed by atoms with Crippen molar-refractivity contribution >= 4 is 45.1 Å². The zero-order chi connectivity index (χ0) is 20.8. The number of nitrogens with one attached hydrogen (secondary N) is 1. The van der Waals surface area contributed by atoms with Gasteiger partial charge in [-0.25, -0.2) is 4.79 Å². The number of ether oxygens (including phenoxy) is 1. The summed E-state index contributed by atoms with van der Waals surface area (Å²) in [5.41, 5.74) is 7.64. The molecule has 0 aliphatic rings. The highest BCUT2D eigenvalue weighted by Gasteiger charge is 2.21. The van der Waals surface area contributed by atoms with E-state index in [0.717, 1.165) is 10.0 Å². The van der Waals surface area contributed by atoms with Crippen molar-refractivity contribution in [2.24, 2.45) is 5.73 Å². The number of anilines is 1. The molecule has 3 rings (SSSR count). The molecule has 1 atom stereocenters. The van der Waals surface area contributed by atoms with Gasteiger partial charge >= 0.3 is 5.97 Å². The lowest BCUT2D eigenvalue weighted by atomic mass is 10.1. The van der Waals surface area contributed by atoms with Gasteiger partial charge < -0.3 is 15.8 Å². The fraction of sp³-hybridized carbons (Fsp3) is 0.0909. The Morgan fingerprint density at radius 3 is 2.41 bits per heavy atom. The summed E-state index contributed by atoms with van der Waals surface area (Å²) in [5.74, 6) is -0.986. The molecule has 0 saturated heterocycles. The zero-order valence-corrected chi connectivity index (χ0v) is 17.6. The molecule has 0 radical (unpaired) electrons. The highest BCUT2D eigenvalue weighted by atomic mass is 79.9. The predicted molar refractivity (Wildman–Crippen MR) is 117 cm³/mol. The summed E-state index contributed by atoms with van der Waals surface area (Å²) in [4.78, 5) is 25.2. The lowest BCUT2D eigenvalue weighted by molar-refractivity contribution is -0.135. The molecule has 5 nitrogen and oxygen atoms in total. The van der Waals surface area contributed by atoms with Crippen LogP contribution in [0.4, 0.5) is 5.69 Å². The third-order valence-electron chi connectivity index (χ3n) is 4.10. The molecule has 0 saturated carbocycles. The number of amides is 1. The van der Waals surface area contributed by atoms with Gasteiger partial charge in [-0.2, -0.15) is 0 Å². The zero-order valence-electron chi connectivity index (χ0n) is 15.3. The Bertz CT molecular complexity index is 1010. The molecule has 0 aliphatic heterocycles. The SMILES string of the molecule is N[C@@H](Cc1ccccc1)C(=O)Oc1ccc(Cl)cc1C(=O)Nc1ccc(Br)cc1. The number of halogens is 2. The van der Waals surface area contributed by atoms with E-state index in [1.807, 2.05) is 30.3 Å². The van der Waals surface area contributed by atoms with Crippen molar-refractivity contribution in [3.63, 3.8) is 0 Å². The average Bonchev–Trinajstić information content (AvgIpc) is 2.71. The maximum Gasteiger partial charge on any atom is 0.328 e. The van der Waals surface area contributed by atoms with E-state index in [9.17, 15) is 9.59 Å². The second kappa shape index (κ2) is 9.69. The van der Waals surface area contributed by atoms with Crippen molar-refractivity contribution in [3.8, 4) is 5.75 Å². The highest BCUT2D eigenvalue weighted by Crippen LogP contribution is 2.25. The number of hydrogen-bond acceptors (Lipinski definition) is 4. The predicted octanol–water partition coefficient (Wildman–Crippen LogP) is 4.83. The van der Waals surface area contributed by atoms with E-state index in [4.69, 9.17) is 22.1 Å². The lowest BCUT2D eigenvalue weighted by Crippen LogP contribution is -2.36. The summed E-state index contributed by atoms with van der Waals surface area (Å²) < 4.78 is 6.31. The lowest BCUT2D eigenvalue weighted by Gasteiger charge is -2.14. The van der Waals surface area contributed by atoms with E-state index >= 15 is 0 Å². The third-order valence-corrected chi connectivity index (χ3v) is 4.86. The maximum atomic E-state index is 12.7. The number of carbonyl (C=O) groups is 2. The molecule has 148 valence electrons. The van der Waals surface area contributed by atoms with E-state index in [1.54, 1.807) is 30.3 Å². The van der Waals surface area contributed by atoms with Crippen molar-refractivity contribution in [1.82, 2.24) is 0 Å². The van der Waals surface area contributed by atoms with Crippen LogP contribution in [-0.4, -0.2) is 17.9 Å². The Morgan fingerprint density at radius 2 is 1.72 bits per heavy atom. The molecule has 0 fully saturated rings. The largest absolute Gasteiger partial charge is 0.425 e. The minimum absolute atomic E-state index is 0.0949. The van der Waals surface area contributed by atoms with Gasteiger partial charge in [0.05, 0.1) is 5.56 Å². The van der Waals surface area contributed by atoms with Crippen LogP contribution in [0.1, 0.15) is 15.9 Å². The first-order chi connectivity index (χ1) is 13.9. The molecule has 0 unspecified atom stereocenters. The van der Waals surface area contributed by atoms with Gasteiger partial charge in [0.15, 0.2) is 0 Å². The quantitative estimate of drug-likeness (QED) is 0.397. The van der Waals surface area contributed by atoms with Crippen LogP contribution in [0.25, 0.3) is 0 Å². The summed E-state index contributed by atoms with van der Waals surface area (Å²) in [6.45, 7) is 0. The summed E-state index contributed by atoms with van der Waals surface area (Å²) in [6.07, 6.45) is 0.327. The molecule has 0 heterocycles. The number of nitrogens with two attached hydrogens (primary N) is 1. The normalized spacial score (nSPS) is 11.6. The molecule has 3 aromatic rings. The van der Waals surface area contributed by atoms with E-state index in [0.29, 0.717) is 17.1 Å². The van der Waals surface area contributed by atoms with Gasteiger partial charge in [-0.05, 0) is 54.4 Å². The number of benzene rings is 3. The second-order valence-electron chi connectivity index (χ2n) is 6.32. The number of hydrogen-bond donors (Lipinski definition) is 2. The Balaban J connectivity index is 1.74. The summed E-state index contributed by atoms with van der Waals surface area (Å²) in [5, 5.41) is 3.10. The van der Waals surface area contributed by atoms with E-state index in [2.05, 4.69) is 21.2 Å². The van der Waals surface area contributed by atoms with Crippen LogP contribution in [0.2, 0.25) is 5.02 Å². The first-order valence-electron chi connectivity index (χ1n) is 8.80. The fourth-order valence-corrected chi connectivity index (χ4v) is 3.07. The molecule has 0 aliphatic carbocycles. The average molecular weight is 474 g/mol. The standard InChI is InChI=1S/C22H18BrClN2O3/c23-15-6-9-17(10-7-15)26-21(27)18-13-16(24)8-11-20(18)29-22(28)19(25)12-14-4-2-1-3-5-14/h1-11,13,19H,12,25H2,(H,26,27)/t19-/m0/s1. The summed E-state index contributed by atoms with van der Waals surface area (Å²) in [7, 11) is 0. The Kier molecular flexibility index (Phi) is 7.04. The van der Waals surface area contributed by atoms with Crippen molar-refractivity contribution in [1.29, 1.82) is 0 Å². The van der Waals surface area contributed by atoms with Gasteiger partial charge in [0.1, 0.15) is 11.8 Å². The van der Waals surface area contributed by atoms with Crippen LogP contribution in [-0.2, 0) is 11.2 Å². The Hall–Kier alpha value is -2.67. The topological polar surface area (TPSA) is 81.4 Å². The van der Waals surface area contributed by atoms with Gasteiger partial charge in [0, 0.05) is 15.2 Å². The van der Waals surface area contributed by atoms with Gasteiger partial charge in [0.2, 0.25) is 0 Å². The number of rotatable bonds is 6. The van der Waals surface area contributed by atoms with Crippen LogP contribution in [0.15, 0.2) is 77.3 Å². The third kappa shape index (κ3) is 5.90. The molecule has 3 N–H and O–H groups in total. The van der Waals surface area contributed by atoms with Crippen LogP contribution in [0.5, 0.6) is 5.75 Å². The molecule has 3 aromatic carbocycles. The van der Waals surface area contributed by atoms with E-state index < -0.39 is 17.9 Å².